The molecule has 0 atom stereocenters. The van der Waals surface area contributed by atoms with Crippen LogP contribution in [0.2, 0.25) is 0 Å². The van der Waals surface area contributed by atoms with Gasteiger partial charge in [-0.3, -0.25) is 10.0 Å². The molecule has 27 heavy (non-hydrogen) atoms. The zero-order valence-corrected chi connectivity index (χ0v) is 16.1. The maximum Gasteiger partial charge on any atom is 0.411 e. The smallest absolute Gasteiger partial charge is 0.411 e. The van der Waals surface area contributed by atoms with Gasteiger partial charge in [-0.25, -0.2) is 13.2 Å². The number of hydrogen-bond donors (Lipinski definition) is 2. The SMILES string of the molecule is CCOC(=O)Nc1cc(S(=O)(=O)Nc2ccccc2OCC)ccc1OC. The number of anilines is 2. The molecule has 0 unspecified atom stereocenters. The predicted molar refractivity (Wildman–Crippen MR) is 102 cm³/mol. The number of carbonyl (C=O) groups is 1. The molecule has 0 fully saturated rings. The van der Waals surface area contributed by atoms with Crippen LogP contribution in [0.3, 0.4) is 0 Å². The number of carbonyl (C=O) groups excluding carboxylic acids is 1. The van der Waals surface area contributed by atoms with Gasteiger partial charge in [0, 0.05) is 0 Å². The number of methoxy groups -OCH3 is 1. The van der Waals surface area contributed by atoms with Crippen LogP contribution in [0.15, 0.2) is 47.4 Å². The lowest BCUT2D eigenvalue weighted by Gasteiger charge is -2.15. The summed E-state index contributed by atoms with van der Waals surface area (Å²) in [4.78, 5) is 11.6. The van der Waals surface area contributed by atoms with Crippen LogP contribution < -0.4 is 19.5 Å². The van der Waals surface area contributed by atoms with Crippen LogP contribution in [0.5, 0.6) is 11.5 Å². The van der Waals surface area contributed by atoms with Gasteiger partial charge in [-0.1, -0.05) is 12.1 Å². The summed E-state index contributed by atoms with van der Waals surface area (Å²) in [6.07, 6.45) is -0.708. The van der Waals surface area contributed by atoms with Crippen molar-refractivity contribution in [2.75, 3.05) is 30.4 Å². The first-order valence-corrected chi connectivity index (χ1v) is 9.76. The highest BCUT2D eigenvalue weighted by Crippen LogP contribution is 2.30. The summed E-state index contributed by atoms with van der Waals surface area (Å²) in [5.41, 5.74) is 0.493. The lowest BCUT2D eigenvalue weighted by Crippen LogP contribution is -2.16. The molecule has 2 N–H and O–H groups in total. The Kier molecular flexibility index (Phi) is 6.89. The lowest BCUT2D eigenvalue weighted by molar-refractivity contribution is 0.168. The monoisotopic (exact) mass is 394 g/mol. The van der Waals surface area contributed by atoms with E-state index in [9.17, 15) is 13.2 Å². The van der Waals surface area contributed by atoms with Crippen molar-refractivity contribution < 1.29 is 27.4 Å². The number of nitrogens with one attached hydrogen (secondary N) is 2. The van der Waals surface area contributed by atoms with E-state index in [-0.39, 0.29) is 17.2 Å². The molecule has 0 heterocycles. The maximum absolute atomic E-state index is 12.8. The summed E-state index contributed by atoms with van der Waals surface area (Å²) in [6.45, 7) is 4.05. The third kappa shape index (κ3) is 5.27. The fourth-order valence-electron chi connectivity index (χ4n) is 2.27. The molecule has 0 saturated carbocycles. The molecule has 0 aliphatic rings. The van der Waals surface area contributed by atoms with Crippen LogP contribution in [0, 0.1) is 0 Å². The number of para-hydroxylation sites is 2. The van der Waals surface area contributed by atoms with E-state index in [2.05, 4.69) is 10.0 Å². The van der Waals surface area contributed by atoms with E-state index in [4.69, 9.17) is 14.2 Å². The van der Waals surface area contributed by atoms with Gasteiger partial charge in [0.05, 0.1) is 36.6 Å². The molecule has 0 radical (unpaired) electrons. The molecule has 0 spiro atoms. The molecule has 8 nitrogen and oxygen atoms in total. The van der Waals surface area contributed by atoms with Crippen molar-refractivity contribution in [3.8, 4) is 11.5 Å². The quantitative estimate of drug-likeness (QED) is 0.711. The molecule has 9 heteroatoms. The Hall–Kier alpha value is -2.94. The largest absolute Gasteiger partial charge is 0.495 e. The minimum absolute atomic E-state index is 0.0543. The highest BCUT2D eigenvalue weighted by atomic mass is 32.2. The maximum atomic E-state index is 12.8. The second-order valence-corrected chi connectivity index (χ2v) is 6.92. The van der Waals surface area contributed by atoms with E-state index in [1.54, 1.807) is 31.2 Å². The molecule has 2 aromatic carbocycles. The zero-order valence-electron chi connectivity index (χ0n) is 15.3. The second kappa shape index (κ2) is 9.13. The normalized spacial score (nSPS) is 10.8. The van der Waals surface area contributed by atoms with E-state index in [1.807, 2.05) is 6.92 Å². The minimum atomic E-state index is -3.93. The van der Waals surface area contributed by atoms with E-state index in [0.717, 1.165) is 0 Å². The van der Waals surface area contributed by atoms with E-state index >= 15 is 0 Å². The summed E-state index contributed by atoms with van der Waals surface area (Å²) in [6, 6.07) is 10.8. The average molecular weight is 394 g/mol. The first-order chi connectivity index (χ1) is 12.9. The Morgan fingerprint density at radius 1 is 1.00 bits per heavy atom. The van der Waals surface area contributed by atoms with E-state index < -0.39 is 16.1 Å². The molecule has 0 saturated heterocycles. The van der Waals surface area contributed by atoms with Gasteiger partial charge in [0.1, 0.15) is 11.5 Å². The summed E-state index contributed by atoms with van der Waals surface area (Å²) >= 11 is 0. The highest BCUT2D eigenvalue weighted by molar-refractivity contribution is 7.92. The Balaban J connectivity index is 2.34. The Labute approximate surface area is 158 Å². The van der Waals surface area contributed by atoms with E-state index in [0.29, 0.717) is 23.8 Å². The van der Waals surface area contributed by atoms with Gasteiger partial charge in [-0.05, 0) is 44.2 Å². The molecule has 0 aromatic heterocycles. The van der Waals surface area contributed by atoms with Crippen molar-refractivity contribution >= 4 is 27.5 Å². The summed E-state index contributed by atoms with van der Waals surface area (Å²) in [5.74, 6) is 0.721. The number of rotatable bonds is 8. The molecule has 0 aliphatic heterocycles. The van der Waals surface area contributed by atoms with Gasteiger partial charge < -0.3 is 14.2 Å². The Morgan fingerprint density at radius 3 is 2.41 bits per heavy atom. The average Bonchev–Trinajstić information content (AvgIpc) is 2.63. The number of sulfonamides is 1. The van der Waals surface area contributed by atoms with Crippen LogP contribution in [0.4, 0.5) is 16.2 Å². The fraction of sp³-hybridized carbons (Fsp3) is 0.278. The Morgan fingerprint density at radius 2 is 1.74 bits per heavy atom. The minimum Gasteiger partial charge on any atom is -0.495 e. The zero-order chi connectivity index (χ0) is 19.9. The Bertz CT molecular complexity index is 898. The molecule has 146 valence electrons. The topological polar surface area (TPSA) is 103 Å². The second-order valence-electron chi connectivity index (χ2n) is 5.24. The van der Waals surface area contributed by atoms with E-state index in [1.165, 1.54) is 25.3 Å². The third-order valence-electron chi connectivity index (χ3n) is 3.42. The van der Waals surface area contributed by atoms with Crippen molar-refractivity contribution in [2.45, 2.75) is 18.7 Å². The number of amides is 1. The van der Waals surface area contributed by atoms with Crippen molar-refractivity contribution in [2.24, 2.45) is 0 Å². The molecule has 0 bridgehead atoms. The molecule has 2 aromatic rings. The molecule has 1 amide bonds. The van der Waals surface area contributed by atoms with Gasteiger partial charge in [0.2, 0.25) is 0 Å². The molecular formula is C18H22N2O6S. The van der Waals surface area contributed by atoms with Crippen molar-refractivity contribution in [3.63, 3.8) is 0 Å². The van der Waals surface area contributed by atoms with Gasteiger partial charge in [0.15, 0.2) is 0 Å². The molecular weight excluding hydrogens is 372 g/mol. The standard InChI is InChI=1S/C18H22N2O6S/c1-4-25-17-9-7-6-8-14(17)20-27(22,23)13-10-11-16(24-3)15(12-13)19-18(21)26-5-2/h6-12,20H,4-5H2,1-3H3,(H,19,21). The predicted octanol–water partition coefficient (Wildman–Crippen LogP) is 3.46. The van der Waals surface area contributed by atoms with Crippen LogP contribution >= 0.6 is 0 Å². The summed E-state index contributed by atoms with van der Waals surface area (Å²) in [7, 11) is -2.51. The highest BCUT2D eigenvalue weighted by Gasteiger charge is 2.19. The fourth-order valence-corrected chi connectivity index (χ4v) is 3.36. The number of benzene rings is 2. The summed E-state index contributed by atoms with van der Waals surface area (Å²) in [5, 5.41) is 2.47. The summed E-state index contributed by atoms with van der Waals surface area (Å²) < 4.78 is 43.4. The first kappa shape index (κ1) is 20.4. The first-order valence-electron chi connectivity index (χ1n) is 8.27. The number of hydrogen-bond acceptors (Lipinski definition) is 6. The lowest BCUT2D eigenvalue weighted by atomic mass is 10.3. The van der Waals surface area contributed by atoms with Gasteiger partial charge in [-0.15, -0.1) is 0 Å². The van der Waals surface area contributed by atoms with Gasteiger partial charge >= 0.3 is 6.09 Å². The van der Waals surface area contributed by atoms with Crippen LogP contribution in [0.25, 0.3) is 0 Å². The van der Waals surface area contributed by atoms with Crippen LogP contribution in [-0.2, 0) is 14.8 Å². The third-order valence-corrected chi connectivity index (χ3v) is 4.79. The molecule has 2 rings (SSSR count). The van der Waals surface area contributed by atoms with Gasteiger partial charge in [0.25, 0.3) is 10.0 Å². The van der Waals surface area contributed by atoms with Crippen molar-refractivity contribution in [1.82, 2.24) is 0 Å². The van der Waals surface area contributed by atoms with Crippen molar-refractivity contribution in [3.05, 3.63) is 42.5 Å². The van der Waals surface area contributed by atoms with Gasteiger partial charge in [-0.2, -0.15) is 0 Å². The van der Waals surface area contributed by atoms with Crippen molar-refractivity contribution in [1.29, 1.82) is 0 Å². The molecule has 0 aliphatic carbocycles. The van der Waals surface area contributed by atoms with Crippen LogP contribution in [-0.4, -0.2) is 34.8 Å². The number of ether oxygens (including phenoxy) is 3. The van der Waals surface area contributed by atoms with Crippen LogP contribution in [0.1, 0.15) is 13.8 Å².